The third-order valence-corrected chi connectivity index (χ3v) is 2.31. The zero-order chi connectivity index (χ0) is 13.5. The van der Waals surface area contributed by atoms with E-state index in [-0.39, 0.29) is 5.56 Å². The van der Waals surface area contributed by atoms with Crippen molar-refractivity contribution in [2.75, 3.05) is 0 Å². The molecule has 2 rings (SSSR count). The van der Waals surface area contributed by atoms with Gasteiger partial charge in [-0.25, -0.2) is 9.78 Å². The number of aryl methyl sites for hydroxylation is 1. The van der Waals surface area contributed by atoms with E-state index in [1.165, 1.54) is 12.3 Å². The molecule has 0 fully saturated rings. The molecule has 0 amide bonds. The average molecular weight is 281 g/mol. The molecular weight excluding hydrogens is 270 g/mol. The third-order valence-electron chi connectivity index (χ3n) is 1.85. The Morgan fingerprint density at radius 2 is 2.06 bits per heavy atom. The molecular formula is C11H11N3O2S2. The molecule has 0 bridgehead atoms. The van der Waals surface area contributed by atoms with E-state index in [9.17, 15) is 4.79 Å². The van der Waals surface area contributed by atoms with Gasteiger partial charge in [-0.15, -0.1) is 0 Å². The number of nitrogens with one attached hydrogen (secondary N) is 2. The van der Waals surface area contributed by atoms with E-state index in [0.29, 0.717) is 9.41 Å². The number of pyridine rings is 1. The Kier molecular flexibility index (Phi) is 5.34. The van der Waals surface area contributed by atoms with Crippen LogP contribution in [0, 0.1) is 16.3 Å². The predicted octanol–water partition coefficient (Wildman–Crippen LogP) is 2.89. The monoisotopic (exact) mass is 281 g/mol. The van der Waals surface area contributed by atoms with Gasteiger partial charge < -0.3 is 15.1 Å². The summed E-state index contributed by atoms with van der Waals surface area (Å²) in [5.41, 5.74) is 1.26. The summed E-state index contributed by atoms with van der Waals surface area (Å²) in [6, 6.07) is 4.87. The molecule has 0 saturated carbocycles. The van der Waals surface area contributed by atoms with Crippen LogP contribution in [0.4, 0.5) is 0 Å². The maximum absolute atomic E-state index is 10.3. The Labute approximate surface area is 114 Å². The Hall–Kier alpha value is -1.86. The lowest BCUT2D eigenvalue weighted by Gasteiger charge is -1.89. The van der Waals surface area contributed by atoms with Gasteiger partial charge in [-0.2, -0.15) is 0 Å². The van der Waals surface area contributed by atoms with Crippen LogP contribution in [-0.2, 0) is 0 Å². The van der Waals surface area contributed by atoms with E-state index >= 15 is 0 Å². The van der Waals surface area contributed by atoms with Crippen molar-refractivity contribution in [2.45, 2.75) is 6.92 Å². The van der Waals surface area contributed by atoms with Crippen molar-refractivity contribution >= 4 is 30.4 Å². The standard InChI is InChI=1S/C6H5NO2S.C5H6N2S/c8-6(9)4-1-2-5(10)7-3-4;1-4-2-3-6-5(8)7-4/h1-3H,(H,7,10)(H,8,9);2-3H,1H3,(H,6,7,8). The van der Waals surface area contributed by atoms with E-state index in [0.717, 1.165) is 5.69 Å². The topological polar surface area (TPSA) is 81.8 Å². The van der Waals surface area contributed by atoms with Crippen molar-refractivity contribution in [1.82, 2.24) is 15.0 Å². The molecule has 94 valence electrons. The first-order valence-electron chi connectivity index (χ1n) is 4.93. The van der Waals surface area contributed by atoms with Crippen LogP contribution in [0.15, 0.2) is 30.6 Å². The van der Waals surface area contributed by atoms with Crippen LogP contribution >= 0.6 is 24.4 Å². The van der Waals surface area contributed by atoms with Gasteiger partial charge in [0.1, 0.15) is 4.64 Å². The van der Waals surface area contributed by atoms with E-state index in [4.69, 9.17) is 29.5 Å². The van der Waals surface area contributed by atoms with Gasteiger partial charge in [0.2, 0.25) is 0 Å². The van der Waals surface area contributed by atoms with Crippen molar-refractivity contribution in [3.8, 4) is 0 Å². The van der Waals surface area contributed by atoms with Crippen LogP contribution in [0.25, 0.3) is 0 Å². The molecule has 0 aromatic carbocycles. The van der Waals surface area contributed by atoms with Crippen LogP contribution in [-0.4, -0.2) is 26.0 Å². The van der Waals surface area contributed by atoms with Gasteiger partial charge in [0.05, 0.1) is 5.56 Å². The molecule has 3 N–H and O–H groups in total. The van der Waals surface area contributed by atoms with Crippen LogP contribution < -0.4 is 0 Å². The number of H-pyrrole nitrogens is 2. The molecule has 2 aromatic heterocycles. The largest absolute Gasteiger partial charge is 0.478 e. The Morgan fingerprint density at radius 1 is 1.33 bits per heavy atom. The number of hydrogen-bond donors (Lipinski definition) is 3. The van der Waals surface area contributed by atoms with Gasteiger partial charge in [-0.3, -0.25) is 0 Å². The smallest absolute Gasteiger partial charge is 0.337 e. The quantitative estimate of drug-likeness (QED) is 0.700. The highest BCUT2D eigenvalue weighted by atomic mass is 32.1. The summed E-state index contributed by atoms with van der Waals surface area (Å²) in [4.78, 5) is 19.5. The molecule has 0 aliphatic rings. The predicted molar refractivity (Wildman–Crippen MR) is 72.7 cm³/mol. The molecule has 0 radical (unpaired) electrons. The van der Waals surface area contributed by atoms with Gasteiger partial charge in [0, 0.05) is 18.1 Å². The number of aromatic carboxylic acids is 1. The second-order valence-electron chi connectivity index (χ2n) is 3.30. The number of carboxylic acid groups (broad SMARTS) is 1. The number of aromatic nitrogens is 3. The van der Waals surface area contributed by atoms with Crippen LogP contribution in [0.1, 0.15) is 16.1 Å². The minimum absolute atomic E-state index is 0.216. The Morgan fingerprint density at radius 3 is 2.44 bits per heavy atom. The second kappa shape index (κ2) is 6.77. The summed E-state index contributed by atoms with van der Waals surface area (Å²) >= 11 is 9.44. The fourth-order valence-electron chi connectivity index (χ4n) is 1.00. The summed E-state index contributed by atoms with van der Waals surface area (Å²) in [5.74, 6) is -0.953. The van der Waals surface area contributed by atoms with E-state index in [1.54, 1.807) is 12.3 Å². The molecule has 0 aliphatic heterocycles. The molecule has 2 heterocycles. The fraction of sp³-hybridized carbons (Fsp3) is 0.0909. The SMILES string of the molecule is Cc1ccnc(=S)[nH]1.O=C(O)c1ccc(=S)[nH]c1. The molecule has 0 spiro atoms. The lowest BCUT2D eigenvalue weighted by atomic mass is 10.3. The van der Waals surface area contributed by atoms with E-state index < -0.39 is 5.97 Å². The average Bonchev–Trinajstić information content (AvgIpc) is 2.30. The lowest BCUT2D eigenvalue weighted by molar-refractivity contribution is 0.0696. The number of rotatable bonds is 1. The summed E-state index contributed by atoms with van der Waals surface area (Å²) < 4.78 is 1.08. The molecule has 0 unspecified atom stereocenters. The number of nitrogens with zero attached hydrogens (tertiary/aromatic N) is 1. The summed E-state index contributed by atoms with van der Waals surface area (Å²) in [6.45, 7) is 1.94. The van der Waals surface area contributed by atoms with Crippen LogP contribution in [0.2, 0.25) is 0 Å². The van der Waals surface area contributed by atoms with Crippen molar-refractivity contribution in [1.29, 1.82) is 0 Å². The lowest BCUT2D eigenvalue weighted by Crippen LogP contribution is -1.95. The minimum atomic E-state index is -0.953. The van der Waals surface area contributed by atoms with Crippen molar-refractivity contribution < 1.29 is 9.90 Å². The third kappa shape index (κ3) is 4.98. The molecule has 7 heteroatoms. The summed E-state index contributed by atoms with van der Waals surface area (Å²) in [5, 5.41) is 8.42. The Bertz CT molecular complexity index is 628. The first kappa shape index (κ1) is 14.2. The number of carboxylic acids is 1. The molecule has 18 heavy (non-hydrogen) atoms. The zero-order valence-electron chi connectivity index (χ0n) is 9.51. The van der Waals surface area contributed by atoms with Crippen LogP contribution in [0.5, 0.6) is 0 Å². The molecule has 2 aromatic rings. The zero-order valence-corrected chi connectivity index (χ0v) is 11.1. The number of hydrogen-bond acceptors (Lipinski definition) is 4. The highest BCUT2D eigenvalue weighted by Crippen LogP contribution is 1.95. The maximum atomic E-state index is 10.3. The van der Waals surface area contributed by atoms with Crippen LogP contribution in [0.3, 0.4) is 0 Å². The molecule has 0 aliphatic carbocycles. The van der Waals surface area contributed by atoms with Gasteiger partial charge >= 0.3 is 5.97 Å². The fourth-order valence-corrected chi connectivity index (χ4v) is 1.35. The summed E-state index contributed by atoms with van der Waals surface area (Å²) in [6.07, 6.45) is 3.05. The number of aromatic amines is 2. The van der Waals surface area contributed by atoms with E-state index in [1.807, 2.05) is 13.0 Å². The first-order valence-corrected chi connectivity index (χ1v) is 5.74. The minimum Gasteiger partial charge on any atom is -0.478 e. The van der Waals surface area contributed by atoms with Gasteiger partial charge in [-0.1, -0.05) is 12.2 Å². The molecule has 0 saturated heterocycles. The maximum Gasteiger partial charge on any atom is 0.337 e. The highest BCUT2D eigenvalue weighted by molar-refractivity contribution is 7.71. The van der Waals surface area contributed by atoms with Crippen molar-refractivity contribution in [3.05, 3.63) is 51.3 Å². The summed E-state index contributed by atoms with van der Waals surface area (Å²) in [7, 11) is 0. The highest BCUT2D eigenvalue weighted by Gasteiger charge is 1.98. The molecule has 5 nitrogen and oxygen atoms in total. The van der Waals surface area contributed by atoms with Gasteiger partial charge in [0.15, 0.2) is 4.77 Å². The van der Waals surface area contributed by atoms with Crippen molar-refractivity contribution in [2.24, 2.45) is 0 Å². The van der Waals surface area contributed by atoms with Gasteiger partial charge in [0.25, 0.3) is 0 Å². The first-order chi connectivity index (χ1) is 8.49. The normalized spacial score (nSPS) is 9.17. The Balaban J connectivity index is 0.000000184. The second-order valence-corrected chi connectivity index (χ2v) is 4.13. The van der Waals surface area contributed by atoms with Crippen molar-refractivity contribution in [3.63, 3.8) is 0 Å². The van der Waals surface area contributed by atoms with Gasteiger partial charge in [-0.05, 0) is 37.3 Å². The number of carbonyl (C=O) groups is 1. The molecule has 0 atom stereocenters. The van der Waals surface area contributed by atoms with E-state index in [2.05, 4.69) is 15.0 Å².